The van der Waals surface area contributed by atoms with Gasteiger partial charge in [0.15, 0.2) is 0 Å². The van der Waals surface area contributed by atoms with Crippen molar-refractivity contribution in [3.8, 4) is 11.6 Å². The molecule has 2 N–H and O–H groups in total. The number of benzene rings is 1. The fourth-order valence-corrected chi connectivity index (χ4v) is 1.85. The van der Waals surface area contributed by atoms with Gasteiger partial charge in [0, 0.05) is 24.4 Å². The smallest absolute Gasteiger partial charge is 0.219 e. The second kappa shape index (κ2) is 6.36. The maximum atomic E-state index is 5.97. The zero-order valence-electron chi connectivity index (χ0n) is 10.6. The number of hydrogen-bond donors (Lipinski definition) is 1. The van der Waals surface area contributed by atoms with Gasteiger partial charge in [-0.25, -0.2) is 4.98 Å². The van der Waals surface area contributed by atoms with Crippen molar-refractivity contribution in [3.05, 3.63) is 58.8 Å². The molecule has 19 heavy (non-hydrogen) atoms. The molecule has 0 atom stereocenters. The minimum Gasteiger partial charge on any atom is -0.438 e. The molecule has 0 spiro atoms. The van der Waals surface area contributed by atoms with Crippen LogP contribution in [-0.4, -0.2) is 4.98 Å². The van der Waals surface area contributed by atoms with Crippen LogP contribution in [0.25, 0.3) is 6.08 Å². The number of pyridine rings is 1. The number of nitrogens with zero attached hydrogens (tertiary/aromatic N) is 1. The predicted molar refractivity (Wildman–Crippen MR) is 78.4 cm³/mol. The van der Waals surface area contributed by atoms with Gasteiger partial charge < -0.3 is 10.5 Å². The maximum absolute atomic E-state index is 5.97. The Morgan fingerprint density at radius 1 is 1.37 bits per heavy atom. The Hall–Kier alpha value is -1.84. The topological polar surface area (TPSA) is 48.1 Å². The van der Waals surface area contributed by atoms with Crippen molar-refractivity contribution in [2.24, 2.45) is 5.73 Å². The van der Waals surface area contributed by atoms with Gasteiger partial charge in [-0.05, 0) is 18.6 Å². The summed E-state index contributed by atoms with van der Waals surface area (Å²) < 4.78 is 5.78. The summed E-state index contributed by atoms with van der Waals surface area (Å²) in [6, 6.07) is 9.52. The summed E-state index contributed by atoms with van der Waals surface area (Å²) in [5, 5.41) is 0.552. The first-order chi connectivity index (χ1) is 9.24. The molecule has 0 aliphatic heterocycles. The fraction of sp³-hybridized carbons (Fsp3) is 0.133. The average Bonchev–Trinajstić information content (AvgIpc) is 2.43. The summed E-state index contributed by atoms with van der Waals surface area (Å²) in [7, 11) is 0. The Morgan fingerprint density at radius 3 is 2.89 bits per heavy atom. The van der Waals surface area contributed by atoms with Crippen molar-refractivity contribution < 1.29 is 4.74 Å². The second-order valence-corrected chi connectivity index (χ2v) is 4.37. The third-order valence-electron chi connectivity index (χ3n) is 2.61. The summed E-state index contributed by atoms with van der Waals surface area (Å²) in [6.07, 6.45) is 5.50. The molecule has 0 aliphatic carbocycles. The van der Waals surface area contributed by atoms with Crippen LogP contribution in [0.1, 0.15) is 18.1 Å². The first-order valence-electron chi connectivity index (χ1n) is 5.98. The van der Waals surface area contributed by atoms with Crippen LogP contribution in [0.4, 0.5) is 0 Å². The molecule has 2 aromatic rings. The summed E-state index contributed by atoms with van der Waals surface area (Å²) in [5.41, 5.74) is 7.42. The lowest BCUT2D eigenvalue weighted by Gasteiger charge is -2.09. The van der Waals surface area contributed by atoms with Crippen molar-refractivity contribution in [2.45, 2.75) is 13.5 Å². The van der Waals surface area contributed by atoms with Crippen LogP contribution >= 0.6 is 11.6 Å². The molecule has 0 aliphatic rings. The number of hydrogen-bond acceptors (Lipinski definition) is 3. The van der Waals surface area contributed by atoms with E-state index in [-0.39, 0.29) is 0 Å². The quantitative estimate of drug-likeness (QED) is 0.916. The Balaban J connectivity index is 2.31. The summed E-state index contributed by atoms with van der Waals surface area (Å²) in [5.74, 6) is 1.24. The zero-order chi connectivity index (χ0) is 13.7. The van der Waals surface area contributed by atoms with Crippen molar-refractivity contribution in [1.82, 2.24) is 4.98 Å². The van der Waals surface area contributed by atoms with Crippen LogP contribution in [0, 0.1) is 0 Å². The first kappa shape index (κ1) is 13.6. The molecular weight excluding hydrogens is 260 g/mol. The number of aromatic nitrogens is 1. The maximum Gasteiger partial charge on any atom is 0.219 e. The van der Waals surface area contributed by atoms with Crippen LogP contribution in [0.2, 0.25) is 5.02 Å². The summed E-state index contributed by atoms with van der Waals surface area (Å²) in [6.45, 7) is 2.32. The molecule has 0 fully saturated rings. The number of nitrogens with two attached hydrogens (primary N) is 1. The summed E-state index contributed by atoms with van der Waals surface area (Å²) >= 11 is 5.97. The summed E-state index contributed by atoms with van der Waals surface area (Å²) in [4.78, 5) is 4.15. The third-order valence-corrected chi connectivity index (χ3v) is 2.95. The number of allylic oxidation sites excluding steroid dienone is 1. The molecule has 0 unspecified atom stereocenters. The van der Waals surface area contributed by atoms with Crippen molar-refractivity contribution in [1.29, 1.82) is 0 Å². The Bertz CT molecular complexity index is 596. The van der Waals surface area contributed by atoms with E-state index in [2.05, 4.69) is 4.98 Å². The van der Waals surface area contributed by atoms with Crippen molar-refractivity contribution >= 4 is 17.7 Å². The second-order valence-electron chi connectivity index (χ2n) is 3.96. The van der Waals surface area contributed by atoms with Gasteiger partial charge in [0.1, 0.15) is 5.75 Å². The lowest BCUT2D eigenvalue weighted by atomic mass is 10.2. The molecule has 1 aromatic carbocycles. The molecule has 0 amide bonds. The number of ether oxygens (including phenoxy) is 1. The van der Waals surface area contributed by atoms with E-state index in [1.165, 1.54) is 0 Å². The molecule has 0 saturated carbocycles. The SMILES string of the molecule is C/C=C/c1ccccc1Oc1cc(CN)c(Cl)cn1. The lowest BCUT2D eigenvalue weighted by molar-refractivity contribution is 0.461. The minimum atomic E-state index is 0.355. The molecule has 1 aromatic heterocycles. The highest BCUT2D eigenvalue weighted by molar-refractivity contribution is 6.31. The van der Waals surface area contributed by atoms with Gasteiger partial charge in [-0.1, -0.05) is 42.0 Å². The van der Waals surface area contributed by atoms with Gasteiger partial charge in [0.2, 0.25) is 5.88 Å². The largest absolute Gasteiger partial charge is 0.438 e. The highest BCUT2D eigenvalue weighted by Gasteiger charge is 2.06. The van der Waals surface area contributed by atoms with E-state index in [0.29, 0.717) is 17.4 Å². The van der Waals surface area contributed by atoms with Crippen LogP contribution in [0.3, 0.4) is 0 Å². The van der Waals surface area contributed by atoms with Gasteiger partial charge in [0.05, 0.1) is 5.02 Å². The predicted octanol–water partition coefficient (Wildman–Crippen LogP) is 4.02. The van der Waals surface area contributed by atoms with Gasteiger partial charge in [0.25, 0.3) is 0 Å². The van der Waals surface area contributed by atoms with E-state index in [9.17, 15) is 0 Å². The highest BCUT2D eigenvalue weighted by atomic mass is 35.5. The van der Waals surface area contributed by atoms with Crippen LogP contribution in [0.5, 0.6) is 11.6 Å². The van der Waals surface area contributed by atoms with Gasteiger partial charge in [-0.15, -0.1) is 0 Å². The van der Waals surface area contributed by atoms with Gasteiger partial charge in [-0.3, -0.25) is 0 Å². The average molecular weight is 275 g/mol. The number of rotatable bonds is 4. The normalized spacial score (nSPS) is 10.9. The van der Waals surface area contributed by atoms with E-state index >= 15 is 0 Å². The molecule has 3 nitrogen and oxygen atoms in total. The van der Waals surface area contributed by atoms with E-state index in [1.807, 2.05) is 43.3 Å². The monoisotopic (exact) mass is 274 g/mol. The standard InChI is InChI=1S/C15H15ClN2O/c1-2-5-11-6-3-4-7-14(11)19-15-8-12(9-17)13(16)10-18-15/h2-8,10H,9,17H2,1H3/b5-2+. The third kappa shape index (κ3) is 3.34. The van der Waals surface area contributed by atoms with E-state index in [1.54, 1.807) is 12.3 Å². The Labute approximate surface area is 117 Å². The van der Waals surface area contributed by atoms with Gasteiger partial charge >= 0.3 is 0 Å². The fourth-order valence-electron chi connectivity index (χ4n) is 1.67. The number of para-hydroxylation sites is 1. The molecule has 0 radical (unpaired) electrons. The molecule has 0 saturated heterocycles. The van der Waals surface area contributed by atoms with E-state index < -0.39 is 0 Å². The molecule has 4 heteroatoms. The van der Waals surface area contributed by atoms with Gasteiger partial charge in [-0.2, -0.15) is 0 Å². The Morgan fingerprint density at radius 2 is 2.16 bits per heavy atom. The molecule has 0 bridgehead atoms. The molecular formula is C15H15ClN2O. The van der Waals surface area contributed by atoms with Crippen LogP contribution in [0.15, 0.2) is 42.6 Å². The van der Waals surface area contributed by atoms with E-state index in [0.717, 1.165) is 16.9 Å². The first-order valence-corrected chi connectivity index (χ1v) is 6.36. The zero-order valence-corrected chi connectivity index (χ0v) is 11.4. The molecule has 98 valence electrons. The highest BCUT2D eigenvalue weighted by Crippen LogP contribution is 2.27. The Kier molecular flexibility index (Phi) is 4.55. The molecule has 2 rings (SSSR count). The van der Waals surface area contributed by atoms with Crippen LogP contribution in [-0.2, 0) is 6.54 Å². The molecule has 1 heterocycles. The van der Waals surface area contributed by atoms with Crippen molar-refractivity contribution in [3.63, 3.8) is 0 Å². The van der Waals surface area contributed by atoms with Crippen LogP contribution < -0.4 is 10.5 Å². The minimum absolute atomic E-state index is 0.355. The number of halogens is 1. The van der Waals surface area contributed by atoms with Crippen molar-refractivity contribution in [2.75, 3.05) is 0 Å². The van der Waals surface area contributed by atoms with E-state index in [4.69, 9.17) is 22.1 Å². The lowest BCUT2D eigenvalue weighted by Crippen LogP contribution is -1.99.